The molecular weight excluding hydrogens is 234 g/mol. The van der Waals surface area contributed by atoms with E-state index in [2.05, 4.69) is 5.32 Å². The first-order valence-electron chi connectivity index (χ1n) is 6.73. The average Bonchev–Trinajstić information content (AvgIpc) is 2.67. The zero-order chi connectivity index (χ0) is 12.8. The second kappa shape index (κ2) is 4.23. The summed E-state index contributed by atoms with van der Waals surface area (Å²) in [5, 5.41) is 11.9. The van der Waals surface area contributed by atoms with Crippen LogP contribution in [-0.4, -0.2) is 35.7 Å². The van der Waals surface area contributed by atoms with Crippen LogP contribution >= 0.6 is 0 Å². The number of carboxylic acid groups (broad SMARTS) is 1. The summed E-state index contributed by atoms with van der Waals surface area (Å²) in [6.45, 7) is 0.859. The van der Waals surface area contributed by atoms with E-state index in [1.54, 1.807) is 0 Å². The minimum atomic E-state index is -0.878. The zero-order valence-electron chi connectivity index (χ0n) is 10.4. The Morgan fingerprint density at radius 3 is 2.61 bits per heavy atom. The number of ether oxygens (including phenoxy) is 1. The molecule has 2 aliphatic carbocycles. The van der Waals surface area contributed by atoms with Crippen LogP contribution in [-0.2, 0) is 14.3 Å². The fourth-order valence-electron chi connectivity index (χ4n) is 3.73. The topological polar surface area (TPSA) is 75.6 Å². The lowest BCUT2D eigenvalue weighted by Gasteiger charge is -2.27. The third kappa shape index (κ3) is 2.00. The van der Waals surface area contributed by atoms with Crippen molar-refractivity contribution in [3.05, 3.63) is 0 Å². The minimum absolute atomic E-state index is 0.0409. The molecule has 100 valence electrons. The molecule has 5 heteroatoms. The molecule has 5 nitrogen and oxygen atoms in total. The van der Waals surface area contributed by atoms with Gasteiger partial charge in [0.2, 0.25) is 5.91 Å². The van der Waals surface area contributed by atoms with Crippen LogP contribution in [0.15, 0.2) is 0 Å². The molecule has 2 N–H and O–H groups in total. The summed E-state index contributed by atoms with van der Waals surface area (Å²) in [6.07, 6.45) is 4.12. The van der Waals surface area contributed by atoms with E-state index >= 15 is 0 Å². The molecule has 0 aromatic heterocycles. The van der Waals surface area contributed by atoms with E-state index in [1.165, 1.54) is 6.42 Å². The molecule has 18 heavy (non-hydrogen) atoms. The van der Waals surface area contributed by atoms with Crippen LogP contribution in [0.2, 0.25) is 0 Å². The summed E-state index contributed by atoms with van der Waals surface area (Å²) < 4.78 is 5.28. The largest absolute Gasteiger partial charge is 0.481 e. The van der Waals surface area contributed by atoms with E-state index in [0.717, 1.165) is 12.8 Å². The van der Waals surface area contributed by atoms with Gasteiger partial charge in [-0.05, 0) is 31.1 Å². The summed E-state index contributed by atoms with van der Waals surface area (Å²) in [4.78, 5) is 23.1. The lowest BCUT2D eigenvalue weighted by Crippen LogP contribution is -2.51. The molecule has 0 aromatic rings. The van der Waals surface area contributed by atoms with Crippen molar-refractivity contribution < 1.29 is 19.4 Å². The first-order chi connectivity index (χ1) is 8.61. The van der Waals surface area contributed by atoms with Crippen LogP contribution in [0.4, 0.5) is 0 Å². The van der Waals surface area contributed by atoms with Gasteiger partial charge in [0.25, 0.3) is 0 Å². The van der Waals surface area contributed by atoms with E-state index in [4.69, 9.17) is 9.84 Å². The molecule has 1 amide bonds. The molecule has 0 radical (unpaired) electrons. The number of rotatable bonds is 4. The third-order valence-electron chi connectivity index (χ3n) is 4.69. The molecule has 0 aromatic carbocycles. The predicted octanol–water partition coefficient (Wildman–Crippen LogP) is 0.782. The number of amides is 1. The molecule has 3 atom stereocenters. The van der Waals surface area contributed by atoms with E-state index < -0.39 is 11.5 Å². The Bertz CT molecular complexity index is 365. The Balaban J connectivity index is 1.62. The van der Waals surface area contributed by atoms with Crippen molar-refractivity contribution in [1.29, 1.82) is 0 Å². The van der Waals surface area contributed by atoms with Crippen molar-refractivity contribution in [2.45, 2.75) is 37.6 Å². The van der Waals surface area contributed by atoms with Gasteiger partial charge in [-0.25, -0.2) is 0 Å². The van der Waals surface area contributed by atoms with E-state index in [0.29, 0.717) is 31.5 Å². The number of hydrogen-bond donors (Lipinski definition) is 2. The first-order valence-corrected chi connectivity index (χ1v) is 6.73. The SMILES string of the molecule is O=C(O)CC1(NC(=O)C2C3CCCC32)CCOC1. The first kappa shape index (κ1) is 12.0. The summed E-state index contributed by atoms with van der Waals surface area (Å²) >= 11 is 0. The van der Waals surface area contributed by atoms with Crippen LogP contribution in [0.3, 0.4) is 0 Å². The van der Waals surface area contributed by atoms with Crippen molar-refractivity contribution in [1.82, 2.24) is 5.32 Å². The molecule has 0 spiro atoms. The number of nitrogens with one attached hydrogen (secondary N) is 1. The number of fused-ring (bicyclic) bond motifs is 1. The van der Waals surface area contributed by atoms with Gasteiger partial charge in [0.05, 0.1) is 18.6 Å². The minimum Gasteiger partial charge on any atom is -0.481 e. The lowest BCUT2D eigenvalue weighted by atomic mass is 9.93. The van der Waals surface area contributed by atoms with Gasteiger partial charge in [-0.2, -0.15) is 0 Å². The molecule has 2 saturated carbocycles. The predicted molar refractivity (Wildman–Crippen MR) is 62.9 cm³/mol. The Morgan fingerprint density at radius 1 is 1.33 bits per heavy atom. The van der Waals surface area contributed by atoms with Gasteiger partial charge in [-0.1, -0.05) is 6.42 Å². The van der Waals surface area contributed by atoms with E-state index in [9.17, 15) is 9.59 Å². The fourth-order valence-corrected chi connectivity index (χ4v) is 3.73. The maximum absolute atomic E-state index is 12.2. The van der Waals surface area contributed by atoms with Crippen molar-refractivity contribution in [2.24, 2.45) is 17.8 Å². The van der Waals surface area contributed by atoms with Gasteiger partial charge >= 0.3 is 5.97 Å². The summed E-state index contributed by atoms with van der Waals surface area (Å²) in [7, 11) is 0. The number of aliphatic carboxylic acids is 1. The van der Waals surface area contributed by atoms with Crippen LogP contribution in [0, 0.1) is 17.8 Å². The lowest BCUT2D eigenvalue weighted by molar-refractivity contribution is -0.139. The molecule has 3 rings (SSSR count). The second-order valence-corrected chi connectivity index (χ2v) is 5.93. The Morgan fingerprint density at radius 2 is 2.06 bits per heavy atom. The van der Waals surface area contributed by atoms with Crippen LogP contribution in [0.1, 0.15) is 32.1 Å². The molecule has 1 aliphatic heterocycles. The summed E-state index contributed by atoms with van der Waals surface area (Å²) in [6, 6.07) is 0. The Labute approximate surface area is 106 Å². The molecule has 1 saturated heterocycles. The van der Waals surface area contributed by atoms with E-state index in [1.807, 2.05) is 0 Å². The van der Waals surface area contributed by atoms with Gasteiger partial charge in [-0.15, -0.1) is 0 Å². The maximum atomic E-state index is 12.2. The quantitative estimate of drug-likeness (QED) is 0.776. The van der Waals surface area contributed by atoms with Gasteiger partial charge in [-0.3, -0.25) is 9.59 Å². The smallest absolute Gasteiger partial charge is 0.305 e. The third-order valence-corrected chi connectivity index (χ3v) is 4.69. The van der Waals surface area contributed by atoms with E-state index in [-0.39, 0.29) is 18.2 Å². The van der Waals surface area contributed by atoms with Gasteiger partial charge in [0.1, 0.15) is 0 Å². The molecule has 3 fully saturated rings. The van der Waals surface area contributed by atoms with Crippen molar-refractivity contribution >= 4 is 11.9 Å². The standard InChI is InChI=1S/C13H19NO4/c15-10(16)6-13(4-5-18-7-13)14-12(17)11-8-2-1-3-9(8)11/h8-9,11H,1-7H2,(H,14,17)(H,15,16). The molecule has 3 unspecified atom stereocenters. The Kier molecular flexibility index (Phi) is 2.81. The fraction of sp³-hybridized carbons (Fsp3) is 0.846. The zero-order valence-corrected chi connectivity index (χ0v) is 10.4. The highest BCUT2D eigenvalue weighted by Gasteiger charge is 2.57. The highest BCUT2D eigenvalue weighted by atomic mass is 16.5. The highest BCUT2D eigenvalue weighted by Crippen LogP contribution is 2.57. The number of carbonyl (C=O) groups is 2. The van der Waals surface area contributed by atoms with Crippen molar-refractivity contribution in [3.8, 4) is 0 Å². The van der Waals surface area contributed by atoms with Crippen LogP contribution in [0.5, 0.6) is 0 Å². The number of carbonyl (C=O) groups excluding carboxylic acids is 1. The molecule has 3 aliphatic rings. The van der Waals surface area contributed by atoms with Crippen LogP contribution in [0.25, 0.3) is 0 Å². The molecule has 0 bridgehead atoms. The summed E-state index contributed by atoms with van der Waals surface area (Å²) in [5.41, 5.74) is -0.667. The normalized spacial score (nSPS) is 41.4. The monoisotopic (exact) mass is 253 g/mol. The number of carboxylic acids is 1. The van der Waals surface area contributed by atoms with Gasteiger partial charge in [0.15, 0.2) is 0 Å². The average molecular weight is 253 g/mol. The molecular formula is C13H19NO4. The van der Waals surface area contributed by atoms with Crippen LogP contribution < -0.4 is 5.32 Å². The molecule has 1 heterocycles. The van der Waals surface area contributed by atoms with Gasteiger partial charge in [0, 0.05) is 12.5 Å². The summed E-state index contributed by atoms with van der Waals surface area (Å²) in [5.74, 6) is 0.446. The maximum Gasteiger partial charge on any atom is 0.305 e. The second-order valence-electron chi connectivity index (χ2n) is 5.93. The Hall–Kier alpha value is -1.10. The van der Waals surface area contributed by atoms with Crippen molar-refractivity contribution in [3.63, 3.8) is 0 Å². The van der Waals surface area contributed by atoms with Crippen molar-refractivity contribution in [2.75, 3.05) is 13.2 Å². The highest BCUT2D eigenvalue weighted by molar-refractivity contribution is 5.84. The number of hydrogen-bond acceptors (Lipinski definition) is 3. The van der Waals surface area contributed by atoms with Gasteiger partial charge < -0.3 is 15.2 Å².